The van der Waals surface area contributed by atoms with Crippen LogP contribution in [0.4, 0.5) is 5.69 Å². The average molecular weight is 728 g/mol. The number of nitrogens with zero attached hydrogens (tertiary/aromatic N) is 2. The Kier molecular flexibility index (Phi) is 11.1. The summed E-state index contributed by atoms with van der Waals surface area (Å²) in [7, 11) is 14.1. The molecule has 45 heavy (non-hydrogen) atoms. The van der Waals surface area contributed by atoms with E-state index < -0.39 is 13.5 Å². The Balaban J connectivity index is 0.000000183. The zero-order valence-corrected chi connectivity index (χ0v) is 30.8. The summed E-state index contributed by atoms with van der Waals surface area (Å²) in [4.78, 5) is 4.90. The van der Waals surface area contributed by atoms with E-state index in [0.29, 0.717) is 5.92 Å². The summed E-state index contributed by atoms with van der Waals surface area (Å²) in [6, 6.07) is 34.6. The van der Waals surface area contributed by atoms with Crippen LogP contribution in [0.1, 0.15) is 85.4 Å². The van der Waals surface area contributed by atoms with Gasteiger partial charge in [-0.2, -0.15) is 0 Å². The summed E-state index contributed by atoms with van der Waals surface area (Å²) in [5, 5.41) is 0. The van der Waals surface area contributed by atoms with E-state index in [1.807, 2.05) is 16.7 Å². The van der Waals surface area contributed by atoms with Crippen LogP contribution < -0.4 is 4.90 Å². The third-order valence-corrected chi connectivity index (χ3v) is 11.1. The Hall–Kier alpha value is -2.29. The standard InChI is InChI=1S/C24H30N.C16H17N.2ClH.Ru/c1-17(2)20-11-8-9-18(3)22(20)25-16-24(15-23(25,4)5)14-13-19-10-6-7-12-21(19)24;1-14-8-6-7-11-16(14)13-17(2)12-15-9-4-3-5-10-15;;;/h6-12,16-17H,13-15H2,1-5H3;1,3-11H,12-13H2,2H3;2*1H;/q-1;;;;+2/p-2/t24-;;;;/m0..../s1. The molecule has 4 aromatic rings. The van der Waals surface area contributed by atoms with E-state index in [2.05, 4.69) is 143 Å². The number of benzene rings is 4. The predicted octanol–water partition coefficient (Wildman–Crippen LogP) is 10.5. The quantitative estimate of drug-likeness (QED) is 0.138. The second kappa shape index (κ2) is 14.6. The summed E-state index contributed by atoms with van der Waals surface area (Å²) >= 11 is -1.78. The van der Waals surface area contributed by atoms with E-state index in [9.17, 15) is 0 Å². The van der Waals surface area contributed by atoms with Crippen molar-refractivity contribution < 1.29 is 13.5 Å². The van der Waals surface area contributed by atoms with Gasteiger partial charge in [0.25, 0.3) is 0 Å². The molecule has 240 valence electrons. The first-order valence-electron chi connectivity index (χ1n) is 16.0. The van der Waals surface area contributed by atoms with Gasteiger partial charge in [-0.25, -0.2) is 6.54 Å². The predicted molar refractivity (Wildman–Crippen MR) is 192 cm³/mol. The molecule has 2 nitrogen and oxygen atoms in total. The van der Waals surface area contributed by atoms with E-state index >= 15 is 0 Å². The van der Waals surface area contributed by atoms with Gasteiger partial charge in [-0.15, -0.1) is 5.41 Å². The van der Waals surface area contributed by atoms with Gasteiger partial charge in [-0.3, -0.25) is 0 Å². The number of hydrogen-bond acceptors (Lipinski definition) is 2. The monoisotopic (exact) mass is 727 g/mol. The van der Waals surface area contributed by atoms with Crippen LogP contribution in [-0.4, -0.2) is 22.1 Å². The van der Waals surface area contributed by atoms with Gasteiger partial charge < -0.3 is 4.90 Å². The van der Waals surface area contributed by atoms with Crippen LogP contribution in [0, 0.1) is 13.5 Å². The summed E-state index contributed by atoms with van der Waals surface area (Å²) in [6.07, 6.45) is 3.65. The molecular formula is C40H47Cl2N2Ru-. The maximum Gasteiger partial charge on any atom is 0.0140 e. The third kappa shape index (κ3) is 7.99. The minimum absolute atomic E-state index is 0.132. The molecule has 0 radical (unpaired) electrons. The topological polar surface area (TPSA) is 6.48 Å². The van der Waals surface area contributed by atoms with Crippen molar-refractivity contribution in [2.24, 2.45) is 0 Å². The van der Waals surface area contributed by atoms with Crippen molar-refractivity contribution in [3.05, 3.63) is 143 Å². The number of rotatable bonds is 7. The number of halogens is 2. The molecule has 1 atom stereocenters. The minimum Gasteiger partial charge on any atom is -0.517 e. The smallest absolute Gasteiger partial charge is 0.0140 e. The fourth-order valence-corrected chi connectivity index (χ4v) is 9.19. The first-order valence-corrected chi connectivity index (χ1v) is 21.4. The molecule has 0 bridgehead atoms. The molecule has 0 N–H and O–H groups in total. The van der Waals surface area contributed by atoms with Crippen LogP contribution in [0.15, 0.2) is 97.1 Å². The summed E-state index contributed by atoms with van der Waals surface area (Å²) < 4.78 is 2.01. The fraction of sp³-hybridized carbons (Fsp3) is 0.350. The van der Waals surface area contributed by atoms with Crippen molar-refractivity contribution in [2.45, 2.75) is 83.8 Å². The van der Waals surface area contributed by atoms with E-state index in [-0.39, 0.29) is 11.0 Å². The molecule has 1 saturated heterocycles. The molecule has 0 saturated carbocycles. The van der Waals surface area contributed by atoms with Gasteiger partial charge in [-0.1, -0.05) is 68.3 Å². The number of aryl methyl sites for hydroxylation is 2. The molecule has 6 rings (SSSR count). The fourth-order valence-electron chi connectivity index (χ4n) is 7.31. The molecule has 1 heterocycles. The van der Waals surface area contributed by atoms with Crippen LogP contribution in [-0.2, 0) is 38.4 Å². The summed E-state index contributed by atoms with van der Waals surface area (Å²) in [5.74, 6) is 0.534. The molecular weight excluding hydrogens is 680 g/mol. The maximum absolute atomic E-state index is 5.99. The van der Waals surface area contributed by atoms with Crippen LogP contribution in [0.25, 0.3) is 0 Å². The van der Waals surface area contributed by atoms with Crippen molar-refractivity contribution in [3.8, 4) is 0 Å². The van der Waals surface area contributed by atoms with Gasteiger partial charge in [0.1, 0.15) is 0 Å². The Morgan fingerprint density at radius 3 is 2.31 bits per heavy atom. The zero-order valence-electron chi connectivity index (χ0n) is 27.5. The Morgan fingerprint density at radius 1 is 0.889 bits per heavy atom. The van der Waals surface area contributed by atoms with Gasteiger partial charge in [0.15, 0.2) is 0 Å². The largest absolute Gasteiger partial charge is 0.517 e. The summed E-state index contributed by atoms with van der Waals surface area (Å²) in [6.45, 7) is 16.1. The first-order chi connectivity index (χ1) is 21.5. The number of para-hydroxylation sites is 1. The Bertz CT molecular complexity index is 1630. The minimum atomic E-state index is -1.78. The van der Waals surface area contributed by atoms with Gasteiger partial charge in [0, 0.05) is 11.2 Å². The molecule has 1 fully saturated rings. The molecule has 1 aliphatic heterocycles. The van der Waals surface area contributed by atoms with E-state index in [0.717, 1.165) is 18.7 Å². The van der Waals surface area contributed by atoms with E-state index in [1.54, 1.807) is 11.1 Å². The van der Waals surface area contributed by atoms with Crippen LogP contribution in [0.5, 0.6) is 0 Å². The van der Waals surface area contributed by atoms with Gasteiger partial charge >= 0.3 is 134 Å². The second-order valence-corrected chi connectivity index (χ2v) is 19.4. The normalized spacial score (nSPS) is 18.6. The van der Waals surface area contributed by atoms with E-state index in [1.165, 1.54) is 47.2 Å². The average Bonchev–Trinajstić information content (AvgIpc) is 3.49. The number of anilines is 1. The van der Waals surface area contributed by atoms with Crippen LogP contribution in [0.3, 0.4) is 0 Å². The van der Waals surface area contributed by atoms with Crippen molar-refractivity contribution in [2.75, 3.05) is 11.9 Å². The van der Waals surface area contributed by atoms with Crippen molar-refractivity contribution in [3.63, 3.8) is 0 Å². The Labute approximate surface area is 284 Å². The van der Waals surface area contributed by atoms with Crippen molar-refractivity contribution >= 4 is 29.7 Å². The van der Waals surface area contributed by atoms with Gasteiger partial charge in [0.05, 0.1) is 0 Å². The van der Waals surface area contributed by atoms with Gasteiger partial charge in [-0.05, 0) is 56.2 Å². The van der Waals surface area contributed by atoms with Crippen molar-refractivity contribution in [1.29, 1.82) is 0 Å². The first kappa shape index (κ1) is 34.1. The zero-order chi connectivity index (χ0) is 32.2. The van der Waals surface area contributed by atoms with Gasteiger partial charge in [0.2, 0.25) is 0 Å². The molecule has 1 spiro atoms. The SMILES string of the molecule is CN(Cc1ccccc1)Cc1ccccc1[CH]=[Ru]([Cl])[Cl].Cc1cccc(C(C)C)c1N1[CH-][C@]2(CCc3ccccc32)CC1(C)C. The molecule has 1 aliphatic carbocycles. The van der Waals surface area contributed by atoms with Crippen LogP contribution in [0.2, 0.25) is 0 Å². The summed E-state index contributed by atoms with van der Waals surface area (Å²) in [5.41, 5.74) is 11.5. The van der Waals surface area contributed by atoms with Crippen molar-refractivity contribution in [1.82, 2.24) is 4.90 Å². The molecule has 0 unspecified atom stereocenters. The van der Waals surface area contributed by atoms with Crippen LogP contribution >= 0.6 is 19.4 Å². The second-order valence-electron chi connectivity index (χ2n) is 13.6. The molecule has 5 heteroatoms. The molecule has 2 aliphatic rings. The maximum atomic E-state index is 5.99. The molecule has 0 aromatic heterocycles. The Morgan fingerprint density at radius 2 is 1.58 bits per heavy atom. The third-order valence-electron chi connectivity index (χ3n) is 9.28. The molecule has 0 amide bonds. The number of hydrogen-bond donors (Lipinski definition) is 0. The molecule has 4 aromatic carbocycles. The van der Waals surface area contributed by atoms with E-state index in [4.69, 9.17) is 19.4 Å². The number of fused-ring (bicyclic) bond motifs is 2.